The normalized spacial score (nSPS) is 15.1. The van der Waals surface area contributed by atoms with Crippen molar-refractivity contribution in [3.05, 3.63) is 65.0 Å². The lowest BCUT2D eigenvalue weighted by Gasteiger charge is -2.20. The molecule has 172 valence electrons. The Bertz CT molecular complexity index is 1080. The first-order valence-electron chi connectivity index (χ1n) is 10.7. The van der Waals surface area contributed by atoms with Gasteiger partial charge in [0, 0.05) is 37.3 Å². The van der Waals surface area contributed by atoms with Gasteiger partial charge in [-0.15, -0.1) is 0 Å². The van der Waals surface area contributed by atoms with Crippen molar-refractivity contribution in [1.29, 1.82) is 0 Å². The van der Waals surface area contributed by atoms with Crippen LogP contribution in [0.25, 0.3) is 0 Å². The van der Waals surface area contributed by atoms with Crippen LogP contribution in [0.1, 0.15) is 52.0 Å². The van der Waals surface area contributed by atoms with Crippen LogP contribution in [0.5, 0.6) is 0 Å². The Morgan fingerprint density at radius 3 is 2.09 bits per heavy atom. The number of sulfonamides is 1. The Kier molecular flexibility index (Phi) is 7.98. The van der Waals surface area contributed by atoms with Crippen molar-refractivity contribution in [3.63, 3.8) is 0 Å². The van der Waals surface area contributed by atoms with Gasteiger partial charge in [0.05, 0.1) is 4.90 Å². The van der Waals surface area contributed by atoms with Crippen LogP contribution in [0.3, 0.4) is 0 Å². The first kappa shape index (κ1) is 23.9. The fourth-order valence-corrected chi connectivity index (χ4v) is 5.08. The molecule has 0 aliphatic carbocycles. The Morgan fingerprint density at radius 2 is 1.50 bits per heavy atom. The molecule has 2 N–H and O–H groups in total. The highest BCUT2D eigenvalue weighted by Gasteiger charge is 2.25. The largest absolute Gasteiger partial charge is 0.350 e. The Hall–Kier alpha value is -2.78. The topological polar surface area (TPSA) is 95.6 Å². The summed E-state index contributed by atoms with van der Waals surface area (Å²) in [7, 11) is -3.65. The van der Waals surface area contributed by atoms with Crippen molar-refractivity contribution in [2.45, 2.75) is 37.5 Å². The van der Waals surface area contributed by atoms with Gasteiger partial charge in [0.2, 0.25) is 10.0 Å². The summed E-state index contributed by atoms with van der Waals surface area (Å²) in [5.41, 5.74) is 0.882. The van der Waals surface area contributed by atoms with Gasteiger partial charge in [0.1, 0.15) is 5.82 Å². The first-order chi connectivity index (χ1) is 15.3. The number of benzene rings is 2. The molecule has 1 aliphatic heterocycles. The van der Waals surface area contributed by atoms with Crippen molar-refractivity contribution in [2.24, 2.45) is 0 Å². The predicted molar refractivity (Wildman–Crippen MR) is 119 cm³/mol. The molecule has 0 saturated carbocycles. The second-order valence-electron chi connectivity index (χ2n) is 7.82. The molecule has 1 saturated heterocycles. The van der Waals surface area contributed by atoms with Crippen molar-refractivity contribution in [1.82, 2.24) is 14.9 Å². The molecule has 2 amide bonds. The summed E-state index contributed by atoms with van der Waals surface area (Å²) < 4.78 is 41.0. The van der Waals surface area contributed by atoms with Crippen LogP contribution in [0, 0.1) is 12.7 Å². The van der Waals surface area contributed by atoms with Gasteiger partial charge in [0.25, 0.3) is 11.8 Å². The molecule has 9 heteroatoms. The quantitative estimate of drug-likeness (QED) is 0.620. The van der Waals surface area contributed by atoms with Crippen molar-refractivity contribution in [2.75, 3.05) is 26.2 Å². The van der Waals surface area contributed by atoms with E-state index in [4.69, 9.17) is 0 Å². The van der Waals surface area contributed by atoms with Gasteiger partial charge < -0.3 is 10.6 Å². The monoisotopic (exact) mass is 461 g/mol. The highest BCUT2D eigenvalue weighted by atomic mass is 32.2. The zero-order valence-electron chi connectivity index (χ0n) is 18.1. The van der Waals surface area contributed by atoms with Crippen LogP contribution in [0.15, 0.2) is 47.4 Å². The van der Waals surface area contributed by atoms with E-state index in [1.165, 1.54) is 34.6 Å². The fourth-order valence-electron chi connectivity index (χ4n) is 3.52. The molecule has 2 aromatic rings. The van der Waals surface area contributed by atoms with Gasteiger partial charge in [-0.3, -0.25) is 9.59 Å². The van der Waals surface area contributed by atoms with Crippen molar-refractivity contribution in [3.8, 4) is 0 Å². The number of rotatable bonds is 7. The minimum atomic E-state index is -3.65. The number of halogens is 1. The van der Waals surface area contributed by atoms with E-state index in [9.17, 15) is 22.4 Å². The maximum atomic E-state index is 13.6. The Balaban J connectivity index is 1.55. The second kappa shape index (κ2) is 10.7. The average Bonchev–Trinajstić information content (AvgIpc) is 3.08. The van der Waals surface area contributed by atoms with Gasteiger partial charge in [0.15, 0.2) is 0 Å². The molecule has 0 bridgehead atoms. The molecule has 0 radical (unpaired) electrons. The molecule has 3 rings (SSSR count). The Morgan fingerprint density at radius 1 is 0.906 bits per heavy atom. The molecule has 7 nitrogen and oxygen atoms in total. The van der Waals surface area contributed by atoms with E-state index >= 15 is 0 Å². The number of hydrogen-bond donors (Lipinski definition) is 2. The number of hydrogen-bond acceptors (Lipinski definition) is 4. The summed E-state index contributed by atoms with van der Waals surface area (Å²) in [5, 5.41) is 5.27. The maximum absolute atomic E-state index is 13.6. The van der Waals surface area contributed by atoms with Crippen LogP contribution >= 0.6 is 0 Å². The van der Waals surface area contributed by atoms with Gasteiger partial charge in [-0.05, 0) is 55.7 Å². The molecule has 0 atom stereocenters. The van der Waals surface area contributed by atoms with E-state index in [1.807, 2.05) is 0 Å². The summed E-state index contributed by atoms with van der Waals surface area (Å²) >= 11 is 0. The van der Waals surface area contributed by atoms with Crippen LogP contribution in [0.4, 0.5) is 4.39 Å². The van der Waals surface area contributed by atoms with Crippen LogP contribution in [-0.4, -0.2) is 50.7 Å². The highest BCUT2D eigenvalue weighted by Crippen LogP contribution is 2.21. The SMILES string of the molecule is Cc1ccc(C(=O)NCCNC(=O)c2cccc(S(=O)(=O)N3CCCCCC3)c2)cc1F. The van der Waals surface area contributed by atoms with E-state index in [1.54, 1.807) is 19.1 Å². The molecule has 0 aromatic heterocycles. The number of aryl methyl sites for hydroxylation is 1. The van der Waals surface area contributed by atoms with Crippen LogP contribution < -0.4 is 10.6 Å². The second-order valence-corrected chi connectivity index (χ2v) is 9.76. The third-order valence-electron chi connectivity index (χ3n) is 5.43. The summed E-state index contributed by atoms with van der Waals surface area (Å²) in [6.07, 6.45) is 3.70. The lowest BCUT2D eigenvalue weighted by Crippen LogP contribution is -2.35. The first-order valence-corrected chi connectivity index (χ1v) is 12.2. The van der Waals surface area contributed by atoms with Gasteiger partial charge in [-0.25, -0.2) is 12.8 Å². The minimum absolute atomic E-state index is 0.0988. The smallest absolute Gasteiger partial charge is 0.251 e. The number of nitrogens with zero attached hydrogens (tertiary/aromatic N) is 1. The number of amides is 2. The molecular formula is C23H28FN3O4S. The van der Waals surface area contributed by atoms with Crippen molar-refractivity contribution < 1.29 is 22.4 Å². The molecular weight excluding hydrogens is 433 g/mol. The molecule has 0 unspecified atom stereocenters. The molecule has 1 fully saturated rings. The maximum Gasteiger partial charge on any atom is 0.251 e. The number of carbonyl (C=O) groups excluding carboxylic acids is 2. The van der Waals surface area contributed by atoms with E-state index < -0.39 is 27.7 Å². The third-order valence-corrected chi connectivity index (χ3v) is 7.32. The standard InChI is InChI=1S/C23H28FN3O4S/c1-17-9-10-19(16-21(17)24)23(29)26-12-11-25-22(28)18-7-6-8-20(15-18)32(30,31)27-13-4-2-3-5-14-27/h6-10,15-16H,2-5,11-14H2,1H3,(H,25,28)(H,26,29). The lowest BCUT2D eigenvalue weighted by molar-refractivity contribution is 0.0927. The molecule has 1 aliphatic rings. The predicted octanol–water partition coefficient (Wildman–Crippen LogP) is 2.86. The zero-order chi connectivity index (χ0) is 23.1. The fraction of sp³-hybridized carbons (Fsp3) is 0.391. The summed E-state index contributed by atoms with van der Waals surface area (Å²) in [6, 6.07) is 10.2. The zero-order valence-corrected chi connectivity index (χ0v) is 18.9. The van der Waals surface area contributed by atoms with E-state index in [2.05, 4.69) is 10.6 Å². The average molecular weight is 462 g/mol. The number of carbonyl (C=O) groups is 2. The van der Waals surface area contributed by atoms with E-state index in [0.717, 1.165) is 25.7 Å². The Labute approximate surface area is 188 Å². The minimum Gasteiger partial charge on any atom is -0.350 e. The van der Waals surface area contributed by atoms with Gasteiger partial charge >= 0.3 is 0 Å². The number of nitrogens with one attached hydrogen (secondary N) is 2. The lowest BCUT2D eigenvalue weighted by atomic mass is 10.1. The third kappa shape index (κ3) is 5.92. The van der Waals surface area contributed by atoms with Crippen LogP contribution in [-0.2, 0) is 10.0 Å². The van der Waals surface area contributed by atoms with Gasteiger partial charge in [-0.1, -0.05) is 25.0 Å². The van der Waals surface area contributed by atoms with Crippen molar-refractivity contribution >= 4 is 21.8 Å². The summed E-state index contributed by atoms with van der Waals surface area (Å²) in [5.74, 6) is -1.34. The summed E-state index contributed by atoms with van der Waals surface area (Å²) in [4.78, 5) is 24.7. The van der Waals surface area contributed by atoms with E-state index in [-0.39, 0.29) is 29.1 Å². The van der Waals surface area contributed by atoms with Crippen LogP contribution in [0.2, 0.25) is 0 Å². The molecule has 1 heterocycles. The molecule has 0 spiro atoms. The molecule has 32 heavy (non-hydrogen) atoms. The summed E-state index contributed by atoms with van der Waals surface area (Å²) in [6.45, 7) is 2.88. The van der Waals surface area contributed by atoms with E-state index in [0.29, 0.717) is 18.7 Å². The van der Waals surface area contributed by atoms with Gasteiger partial charge in [-0.2, -0.15) is 4.31 Å². The highest BCUT2D eigenvalue weighted by molar-refractivity contribution is 7.89. The molecule has 2 aromatic carbocycles.